The van der Waals surface area contributed by atoms with E-state index < -0.39 is 0 Å². The topological polar surface area (TPSA) is 15.6 Å². The Bertz CT molecular complexity index is 1400. The van der Waals surface area contributed by atoms with Crippen LogP contribution >= 0.6 is 23.4 Å². The number of nitrogens with zero attached hydrogens (tertiary/aromatic N) is 2. The SMILES string of the molecule is Fc1ccc(/C=C2\CCCC3=C2N=C2SC=C(c4ccc(Cl)cc4)N2[C@@H]3c2ccc(F)cc2)cc1. The van der Waals surface area contributed by atoms with Gasteiger partial charge in [0.05, 0.1) is 17.4 Å². The van der Waals surface area contributed by atoms with Gasteiger partial charge in [-0.25, -0.2) is 13.8 Å². The summed E-state index contributed by atoms with van der Waals surface area (Å²) in [5, 5.41) is 3.71. The van der Waals surface area contributed by atoms with E-state index in [0.717, 1.165) is 58.1 Å². The number of rotatable bonds is 3. The lowest BCUT2D eigenvalue weighted by atomic mass is 9.82. The maximum atomic E-state index is 13.9. The molecule has 2 nitrogen and oxygen atoms in total. The third kappa shape index (κ3) is 4.24. The van der Waals surface area contributed by atoms with Gasteiger partial charge in [-0.05, 0) is 89.6 Å². The lowest BCUT2D eigenvalue weighted by Gasteiger charge is -2.40. The monoisotopic (exact) mass is 502 g/mol. The molecule has 35 heavy (non-hydrogen) atoms. The van der Waals surface area contributed by atoms with Crippen molar-refractivity contribution in [1.29, 1.82) is 0 Å². The Kier molecular flexibility index (Phi) is 5.83. The number of fused-ring (bicyclic) bond motifs is 1. The van der Waals surface area contributed by atoms with Crippen molar-refractivity contribution in [2.45, 2.75) is 25.3 Å². The van der Waals surface area contributed by atoms with Crippen LogP contribution in [0.1, 0.15) is 42.0 Å². The molecule has 0 bridgehead atoms. The van der Waals surface area contributed by atoms with Crippen LogP contribution in [-0.4, -0.2) is 10.1 Å². The van der Waals surface area contributed by atoms with E-state index in [4.69, 9.17) is 16.6 Å². The van der Waals surface area contributed by atoms with E-state index in [1.807, 2.05) is 36.4 Å². The van der Waals surface area contributed by atoms with Gasteiger partial charge < -0.3 is 4.90 Å². The molecule has 3 aromatic rings. The molecule has 3 aliphatic rings. The number of hydrogen-bond donors (Lipinski definition) is 0. The smallest absolute Gasteiger partial charge is 0.174 e. The zero-order chi connectivity index (χ0) is 23.9. The Morgan fingerprint density at radius 1 is 0.886 bits per heavy atom. The van der Waals surface area contributed by atoms with Crippen LogP contribution in [0.25, 0.3) is 11.8 Å². The molecular weight excluding hydrogens is 482 g/mol. The van der Waals surface area contributed by atoms with E-state index in [1.54, 1.807) is 23.9 Å². The molecule has 174 valence electrons. The van der Waals surface area contributed by atoms with E-state index in [-0.39, 0.29) is 17.7 Å². The predicted molar refractivity (Wildman–Crippen MR) is 141 cm³/mol. The highest BCUT2D eigenvalue weighted by Gasteiger charge is 2.40. The molecule has 0 N–H and O–H groups in total. The minimum atomic E-state index is -0.252. The Hall–Kier alpha value is -3.15. The van der Waals surface area contributed by atoms with Crippen molar-refractivity contribution in [1.82, 2.24) is 4.90 Å². The Morgan fingerprint density at radius 2 is 1.57 bits per heavy atom. The van der Waals surface area contributed by atoms with Gasteiger partial charge in [0.25, 0.3) is 0 Å². The average molecular weight is 503 g/mol. The first-order valence-corrected chi connectivity index (χ1v) is 12.8. The molecule has 0 amide bonds. The van der Waals surface area contributed by atoms with Gasteiger partial charge in [0, 0.05) is 10.4 Å². The highest BCUT2D eigenvalue weighted by Crippen LogP contribution is 2.51. The van der Waals surface area contributed by atoms with E-state index in [9.17, 15) is 8.78 Å². The second kappa shape index (κ2) is 9.14. The summed E-state index contributed by atoms with van der Waals surface area (Å²) in [4.78, 5) is 7.40. The molecule has 0 fully saturated rings. The van der Waals surface area contributed by atoms with Crippen LogP contribution in [0.2, 0.25) is 5.02 Å². The van der Waals surface area contributed by atoms with Crippen LogP contribution in [0, 0.1) is 11.6 Å². The van der Waals surface area contributed by atoms with Crippen LogP contribution in [0.15, 0.2) is 100 Å². The molecule has 6 rings (SSSR count). The van der Waals surface area contributed by atoms with Crippen LogP contribution < -0.4 is 0 Å². The van der Waals surface area contributed by atoms with Gasteiger partial charge in [0.2, 0.25) is 0 Å². The zero-order valence-corrected chi connectivity index (χ0v) is 20.3. The van der Waals surface area contributed by atoms with E-state index in [1.165, 1.54) is 29.8 Å². The molecule has 6 heteroatoms. The molecular formula is C29H21ClF2N2S. The van der Waals surface area contributed by atoms with E-state index in [0.29, 0.717) is 5.02 Å². The largest absolute Gasteiger partial charge is 0.308 e. The standard InChI is InChI=1S/C29H21ClF2N2S/c30-22-10-6-19(7-11-22)26-17-35-29-33-27-21(16-18-4-12-23(31)13-5-18)2-1-3-25(27)28(34(26)29)20-8-14-24(32)15-9-20/h4-17,28H,1-3H2/b21-16+/t28-/m1/s1. The van der Waals surface area contributed by atoms with Crippen molar-refractivity contribution >= 4 is 40.3 Å². The Labute approximate surface area is 212 Å². The predicted octanol–water partition coefficient (Wildman–Crippen LogP) is 8.60. The van der Waals surface area contributed by atoms with Crippen LogP contribution in [0.3, 0.4) is 0 Å². The number of hydrogen-bond acceptors (Lipinski definition) is 3. The summed E-state index contributed by atoms with van der Waals surface area (Å²) in [5.41, 5.74) is 7.47. The molecule has 0 saturated heterocycles. The summed E-state index contributed by atoms with van der Waals surface area (Å²) in [6.07, 6.45) is 4.92. The molecule has 0 spiro atoms. The highest BCUT2D eigenvalue weighted by molar-refractivity contribution is 8.16. The summed E-state index contributed by atoms with van der Waals surface area (Å²) in [6, 6.07) is 21.1. The van der Waals surface area contributed by atoms with E-state index >= 15 is 0 Å². The summed E-state index contributed by atoms with van der Waals surface area (Å²) in [7, 11) is 0. The number of halogens is 3. The molecule has 0 unspecified atom stereocenters. The molecule has 1 aliphatic carbocycles. The first-order valence-electron chi connectivity index (χ1n) is 11.5. The lowest BCUT2D eigenvalue weighted by Crippen LogP contribution is -2.34. The van der Waals surface area contributed by atoms with E-state index in [2.05, 4.69) is 16.4 Å². The maximum absolute atomic E-state index is 13.9. The van der Waals surface area contributed by atoms with Gasteiger partial charge in [0.15, 0.2) is 5.17 Å². The quantitative estimate of drug-likeness (QED) is 0.356. The number of amidine groups is 1. The van der Waals surface area contributed by atoms with Crippen LogP contribution in [-0.2, 0) is 0 Å². The number of allylic oxidation sites excluding steroid dienone is 1. The van der Waals surface area contributed by atoms with Crippen molar-refractivity contribution < 1.29 is 8.78 Å². The molecule has 3 aromatic carbocycles. The Morgan fingerprint density at radius 3 is 2.29 bits per heavy atom. The average Bonchev–Trinajstić information content (AvgIpc) is 3.29. The first-order chi connectivity index (χ1) is 17.1. The van der Waals surface area contributed by atoms with Gasteiger partial charge in [-0.2, -0.15) is 0 Å². The summed E-state index contributed by atoms with van der Waals surface area (Å²) >= 11 is 7.74. The maximum Gasteiger partial charge on any atom is 0.174 e. The van der Waals surface area contributed by atoms with Crippen LogP contribution in [0.4, 0.5) is 8.78 Å². The van der Waals surface area contributed by atoms with Crippen molar-refractivity contribution in [3.05, 3.63) is 128 Å². The third-order valence-electron chi connectivity index (χ3n) is 6.57. The van der Waals surface area contributed by atoms with Crippen LogP contribution in [0.5, 0.6) is 0 Å². The molecule has 0 radical (unpaired) electrons. The second-order valence-electron chi connectivity index (χ2n) is 8.79. The fraction of sp³-hybridized carbons (Fsp3) is 0.138. The van der Waals surface area contributed by atoms with Gasteiger partial charge in [-0.3, -0.25) is 0 Å². The Balaban J connectivity index is 1.48. The first kappa shape index (κ1) is 22.3. The third-order valence-corrected chi connectivity index (χ3v) is 7.67. The normalized spacial score (nSPS) is 20.5. The van der Waals surface area contributed by atoms with Gasteiger partial charge in [-0.1, -0.05) is 59.8 Å². The molecule has 0 aromatic heterocycles. The van der Waals surface area contributed by atoms with Crippen molar-refractivity contribution in [3.8, 4) is 0 Å². The highest BCUT2D eigenvalue weighted by atomic mass is 35.5. The van der Waals surface area contributed by atoms with Gasteiger partial charge in [0.1, 0.15) is 11.6 Å². The zero-order valence-electron chi connectivity index (χ0n) is 18.7. The molecule has 2 heterocycles. The van der Waals surface area contributed by atoms with Crippen molar-refractivity contribution in [2.75, 3.05) is 0 Å². The fourth-order valence-corrected chi connectivity index (χ4v) is 6.01. The van der Waals surface area contributed by atoms with Gasteiger partial charge in [-0.15, -0.1) is 0 Å². The minimum absolute atomic E-state index is 0.0908. The number of thioether (sulfide) groups is 1. The minimum Gasteiger partial charge on any atom is -0.308 e. The second-order valence-corrected chi connectivity index (χ2v) is 10.1. The molecule has 2 aliphatic heterocycles. The summed E-state index contributed by atoms with van der Waals surface area (Å²) < 4.78 is 27.3. The lowest BCUT2D eigenvalue weighted by molar-refractivity contribution is 0.457. The summed E-state index contributed by atoms with van der Waals surface area (Å²) in [5.74, 6) is -0.499. The number of aliphatic imine (C=N–C) groups is 1. The molecule has 0 saturated carbocycles. The number of benzene rings is 3. The summed E-state index contributed by atoms with van der Waals surface area (Å²) in [6.45, 7) is 0. The van der Waals surface area contributed by atoms with Crippen molar-refractivity contribution in [3.63, 3.8) is 0 Å². The van der Waals surface area contributed by atoms with Crippen molar-refractivity contribution in [2.24, 2.45) is 4.99 Å². The van der Waals surface area contributed by atoms with Gasteiger partial charge >= 0.3 is 0 Å². The fourth-order valence-electron chi connectivity index (χ4n) is 4.95. The molecule has 1 atom stereocenters.